The normalized spacial score (nSPS) is 27.8. The van der Waals surface area contributed by atoms with Crippen LogP contribution in [0.15, 0.2) is 43.0 Å². The zero-order valence-electron chi connectivity index (χ0n) is 17.1. The van der Waals surface area contributed by atoms with Crippen molar-refractivity contribution in [1.82, 2.24) is 19.5 Å². The van der Waals surface area contributed by atoms with Gasteiger partial charge in [0.2, 0.25) is 0 Å². The number of nitrogens with zero attached hydrogens (tertiary/aromatic N) is 4. The van der Waals surface area contributed by atoms with Gasteiger partial charge >= 0.3 is 0 Å². The molecule has 1 amide bonds. The van der Waals surface area contributed by atoms with Crippen LogP contribution in [0.1, 0.15) is 29.4 Å². The first-order valence-electron chi connectivity index (χ1n) is 10.4. The fraction of sp³-hybridized carbons (Fsp3) is 0.429. The van der Waals surface area contributed by atoms with Crippen LogP contribution in [0.4, 0.5) is 5.82 Å². The molecule has 0 spiro atoms. The van der Waals surface area contributed by atoms with Gasteiger partial charge in [0.25, 0.3) is 5.91 Å². The summed E-state index contributed by atoms with van der Waals surface area (Å²) in [4.78, 5) is 25.4. The summed E-state index contributed by atoms with van der Waals surface area (Å²) in [5.74, 6) is -0.0796. The van der Waals surface area contributed by atoms with Gasteiger partial charge in [-0.15, -0.1) is 0 Å². The quantitative estimate of drug-likeness (QED) is 0.508. The fourth-order valence-electron chi connectivity index (χ4n) is 3.97. The molecule has 2 aliphatic heterocycles. The average Bonchev–Trinajstić information content (AvgIpc) is 3.55. The Kier molecular flexibility index (Phi) is 5.81. The number of nitrogens with one attached hydrogen (secondary N) is 1. The van der Waals surface area contributed by atoms with E-state index in [1.165, 1.54) is 12.7 Å². The van der Waals surface area contributed by atoms with E-state index in [2.05, 4.69) is 20.3 Å². The summed E-state index contributed by atoms with van der Waals surface area (Å²) >= 11 is 0. The molecule has 0 radical (unpaired) electrons. The van der Waals surface area contributed by atoms with Crippen LogP contribution in [-0.2, 0) is 14.2 Å². The maximum Gasteiger partial charge on any atom is 0.256 e. The van der Waals surface area contributed by atoms with Crippen LogP contribution in [0.2, 0.25) is 0 Å². The number of amides is 1. The van der Waals surface area contributed by atoms with Crippen LogP contribution in [0.3, 0.4) is 0 Å². The number of hydrogen-bond acceptors (Lipinski definition) is 9. The Balaban J connectivity index is 1.44. The molecule has 168 valence electrons. The molecular formula is C21H23N5O6. The summed E-state index contributed by atoms with van der Waals surface area (Å²) in [6.45, 7) is 0.219. The van der Waals surface area contributed by atoms with Gasteiger partial charge in [0.15, 0.2) is 29.5 Å². The largest absolute Gasteiger partial charge is 0.394 e. The van der Waals surface area contributed by atoms with E-state index in [9.17, 15) is 15.0 Å². The van der Waals surface area contributed by atoms with Crippen LogP contribution >= 0.6 is 0 Å². The Morgan fingerprint density at radius 3 is 2.84 bits per heavy atom. The van der Waals surface area contributed by atoms with Crippen molar-refractivity contribution in [3.63, 3.8) is 0 Å². The van der Waals surface area contributed by atoms with Crippen molar-refractivity contribution in [2.45, 2.75) is 43.7 Å². The first-order chi connectivity index (χ1) is 15.7. The molecule has 2 aliphatic rings. The van der Waals surface area contributed by atoms with Crippen molar-refractivity contribution in [2.75, 3.05) is 18.5 Å². The van der Waals surface area contributed by atoms with Gasteiger partial charge in [-0.3, -0.25) is 9.36 Å². The number of carbonyl (C=O) groups excluding carboxylic acids is 1. The minimum absolute atomic E-state index is 0.247. The highest BCUT2D eigenvalue weighted by molar-refractivity contribution is 6.06. The van der Waals surface area contributed by atoms with Crippen LogP contribution < -0.4 is 5.32 Å². The van der Waals surface area contributed by atoms with Crippen molar-refractivity contribution in [3.05, 3.63) is 48.5 Å². The van der Waals surface area contributed by atoms with E-state index in [1.54, 1.807) is 28.8 Å². The lowest BCUT2D eigenvalue weighted by Gasteiger charge is -2.24. The molecule has 0 aliphatic carbocycles. The number of rotatable bonds is 6. The van der Waals surface area contributed by atoms with E-state index in [4.69, 9.17) is 14.2 Å². The Morgan fingerprint density at radius 1 is 1.25 bits per heavy atom. The smallest absolute Gasteiger partial charge is 0.256 e. The molecule has 4 heterocycles. The van der Waals surface area contributed by atoms with E-state index in [-0.39, 0.29) is 18.3 Å². The molecule has 3 aromatic rings. The van der Waals surface area contributed by atoms with Crippen LogP contribution in [-0.4, -0.2) is 73.5 Å². The molecule has 5 atom stereocenters. The summed E-state index contributed by atoms with van der Waals surface area (Å²) in [7, 11) is 0. The van der Waals surface area contributed by atoms with Crippen LogP contribution in [0.25, 0.3) is 11.2 Å². The molecule has 32 heavy (non-hydrogen) atoms. The van der Waals surface area contributed by atoms with Gasteiger partial charge < -0.3 is 29.7 Å². The third-order valence-electron chi connectivity index (χ3n) is 5.59. The van der Waals surface area contributed by atoms with E-state index in [0.717, 1.165) is 6.42 Å². The maximum absolute atomic E-state index is 12.6. The molecule has 2 fully saturated rings. The van der Waals surface area contributed by atoms with E-state index < -0.39 is 30.8 Å². The third-order valence-corrected chi connectivity index (χ3v) is 5.59. The summed E-state index contributed by atoms with van der Waals surface area (Å²) in [6.07, 6.45) is 0.425. The van der Waals surface area contributed by atoms with Gasteiger partial charge in [0, 0.05) is 18.6 Å². The first-order valence-corrected chi connectivity index (χ1v) is 10.4. The highest BCUT2D eigenvalue weighted by atomic mass is 16.7. The van der Waals surface area contributed by atoms with Gasteiger partial charge in [-0.1, -0.05) is 18.2 Å². The molecule has 11 nitrogen and oxygen atoms in total. The fourth-order valence-corrected chi connectivity index (χ4v) is 3.97. The van der Waals surface area contributed by atoms with Crippen molar-refractivity contribution in [2.24, 2.45) is 0 Å². The lowest BCUT2D eigenvalue weighted by molar-refractivity contribution is -0.181. The maximum atomic E-state index is 12.6. The number of benzene rings is 1. The number of aliphatic hydroxyl groups is 2. The van der Waals surface area contributed by atoms with E-state index >= 15 is 0 Å². The monoisotopic (exact) mass is 441 g/mol. The van der Waals surface area contributed by atoms with Gasteiger partial charge in [-0.05, 0) is 18.6 Å². The lowest BCUT2D eigenvalue weighted by Crippen LogP contribution is -2.38. The van der Waals surface area contributed by atoms with Gasteiger partial charge in [0.05, 0.1) is 12.9 Å². The standard InChI is InChI=1S/C21H23N5O6/c27-9-13-16(28)17(32-14-7-4-8-30-14)21(31-13)26-11-24-15-18(22-10-23-19(15)26)25-20(29)12-5-2-1-3-6-12/h1-3,5-6,10-11,13-14,16-17,21,27-28H,4,7-9H2,(H,22,23,25,29)/t13-,14?,16-,17-,21-/m1/s1. The summed E-state index contributed by atoms with van der Waals surface area (Å²) in [6, 6.07) is 8.76. The highest BCUT2D eigenvalue weighted by Crippen LogP contribution is 2.35. The zero-order chi connectivity index (χ0) is 22.1. The molecule has 1 aromatic carbocycles. The van der Waals surface area contributed by atoms with Crippen LogP contribution in [0, 0.1) is 0 Å². The number of anilines is 1. The molecule has 0 bridgehead atoms. The highest BCUT2D eigenvalue weighted by Gasteiger charge is 2.47. The molecule has 0 saturated carbocycles. The Morgan fingerprint density at radius 2 is 2.09 bits per heavy atom. The van der Waals surface area contributed by atoms with Crippen molar-refractivity contribution >= 4 is 22.9 Å². The van der Waals surface area contributed by atoms with Crippen LogP contribution in [0.5, 0.6) is 0 Å². The number of carbonyl (C=O) groups is 1. The van der Waals surface area contributed by atoms with E-state index in [0.29, 0.717) is 29.8 Å². The zero-order valence-corrected chi connectivity index (χ0v) is 17.1. The summed E-state index contributed by atoms with van der Waals surface area (Å²) in [5, 5.41) is 23.0. The number of aromatic nitrogens is 4. The van der Waals surface area contributed by atoms with Crippen molar-refractivity contribution in [1.29, 1.82) is 0 Å². The lowest BCUT2D eigenvalue weighted by atomic mass is 10.1. The second-order valence-corrected chi connectivity index (χ2v) is 7.65. The Labute approximate surface area is 183 Å². The SMILES string of the molecule is O=C(Nc1ncnc2c1ncn2[C@@H]1O[C@H](CO)[C@@H](O)[C@H]1OC1CCCO1)c1ccccc1. The molecule has 2 saturated heterocycles. The van der Waals surface area contributed by atoms with Gasteiger partial charge in [-0.2, -0.15) is 0 Å². The van der Waals surface area contributed by atoms with E-state index in [1.807, 2.05) is 6.07 Å². The minimum atomic E-state index is -1.06. The minimum Gasteiger partial charge on any atom is -0.394 e. The number of ether oxygens (including phenoxy) is 3. The Bertz CT molecular complexity index is 1090. The predicted octanol–water partition coefficient (Wildman–Crippen LogP) is 0.851. The summed E-state index contributed by atoms with van der Waals surface area (Å²) in [5.41, 5.74) is 1.23. The van der Waals surface area contributed by atoms with Gasteiger partial charge in [0.1, 0.15) is 24.6 Å². The number of imidazole rings is 1. The Hall–Kier alpha value is -2.96. The summed E-state index contributed by atoms with van der Waals surface area (Å²) < 4.78 is 19.0. The predicted molar refractivity (Wildman–Crippen MR) is 111 cm³/mol. The molecular weight excluding hydrogens is 418 g/mol. The number of aliphatic hydroxyl groups excluding tert-OH is 2. The molecule has 1 unspecified atom stereocenters. The average molecular weight is 441 g/mol. The molecule has 11 heteroatoms. The topological polar surface area (TPSA) is 141 Å². The molecule has 2 aromatic heterocycles. The molecule has 5 rings (SSSR count). The number of hydrogen-bond donors (Lipinski definition) is 3. The second kappa shape index (κ2) is 8.88. The number of fused-ring (bicyclic) bond motifs is 1. The second-order valence-electron chi connectivity index (χ2n) is 7.65. The van der Waals surface area contributed by atoms with Crippen molar-refractivity contribution in [3.8, 4) is 0 Å². The molecule has 3 N–H and O–H groups in total. The third kappa shape index (κ3) is 3.85. The van der Waals surface area contributed by atoms with Gasteiger partial charge in [-0.25, -0.2) is 15.0 Å². The first kappa shape index (κ1) is 20.9. The van der Waals surface area contributed by atoms with Crippen molar-refractivity contribution < 1.29 is 29.2 Å².